The Hall–Kier alpha value is 0.842. The molecular weight excluding hydrogens is 287 g/mol. The van der Waals surface area contributed by atoms with Crippen LogP contribution in [0.3, 0.4) is 0 Å². The monoisotopic (exact) mass is 296 g/mol. The van der Waals surface area contributed by atoms with E-state index in [0.29, 0.717) is 0 Å². The molecule has 0 bridgehead atoms. The van der Waals surface area contributed by atoms with Gasteiger partial charge in [0, 0.05) is 27.3 Å². The van der Waals surface area contributed by atoms with Gasteiger partial charge in [-0.25, -0.2) is 0 Å². The largest absolute Gasteiger partial charge is 0.377 e. The normalized spacial score (nSPS) is 20.6. The van der Waals surface area contributed by atoms with Crippen molar-refractivity contribution in [2.75, 3.05) is 26.4 Å². The van der Waals surface area contributed by atoms with Gasteiger partial charge >= 0.3 is 0 Å². The molecule has 1 saturated heterocycles. The third-order valence-electron chi connectivity index (χ3n) is 0.744. The number of rotatable bonds is 0. The van der Waals surface area contributed by atoms with E-state index in [1.54, 1.807) is 0 Å². The first-order chi connectivity index (χ1) is 3.00. The van der Waals surface area contributed by atoms with Crippen molar-refractivity contribution < 1.29 is 9.47 Å². The topological polar surface area (TPSA) is 18.5 Å². The first-order valence-electron chi connectivity index (χ1n) is 2.15. The second kappa shape index (κ2) is 4.99. The van der Waals surface area contributed by atoms with E-state index in [-0.39, 0.29) is 27.3 Å². The van der Waals surface area contributed by atoms with Gasteiger partial charge in [0.1, 0.15) is 0 Å². The molecule has 1 fully saturated rings. The van der Waals surface area contributed by atoms with Crippen molar-refractivity contribution in [1.29, 1.82) is 0 Å². The molecule has 2 nitrogen and oxygen atoms in total. The van der Waals surface area contributed by atoms with Crippen LogP contribution in [0.5, 0.6) is 0 Å². The van der Waals surface area contributed by atoms with Gasteiger partial charge in [-0.2, -0.15) is 0 Å². The average Bonchev–Trinajstić information content (AvgIpc) is 1.72. The summed E-state index contributed by atoms with van der Waals surface area (Å²) in [5, 5.41) is 0. The maximum Gasteiger partial charge on any atom is 0.0701 e. The molecule has 3 heteroatoms. The SMILES string of the molecule is C1COCCO1.[Pb]. The summed E-state index contributed by atoms with van der Waals surface area (Å²) in [7, 11) is 0. The zero-order valence-electron chi connectivity index (χ0n) is 4.14. The Morgan fingerprint density at radius 1 is 0.714 bits per heavy atom. The van der Waals surface area contributed by atoms with E-state index in [1.807, 2.05) is 0 Å². The Bertz CT molecular complexity index is 25.2. The summed E-state index contributed by atoms with van der Waals surface area (Å²) in [4.78, 5) is 0. The van der Waals surface area contributed by atoms with Crippen LogP contribution < -0.4 is 0 Å². The van der Waals surface area contributed by atoms with Gasteiger partial charge in [-0.1, -0.05) is 0 Å². The maximum absolute atomic E-state index is 4.94. The predicted octanol–water partition coefficient (Wildman–Crippen LogP) is -0.348. The molecule has 1 aliphatic rings. The van der Waals surface area contributed by atoms with Crippen molar-refractivity contribution in [3.8, 4) is 0 Å². The van der Waals surface area contributed by atoms with Crippen molar-refractivity contribution in [2.45, 2.75) is 0 Å². The molecule has 0 amide bonds. The zero-order chi connectivity index (χ0) is 4.24. The minimum absolute atomic E-state index is 0. The van der Waals surface area contributed by atoms with E-state index < -0.39 is 0 Å². The van der Waals surface area contributed by atoms with Crippen LogP contribution in [0.25, 0.3) is 0 Å². The van der Waals surface area contributed by atoms with Crippen molar-refractivity contribution in [1.82, 2.24) is 0 Å². The molecule has 0 spiro atoms. The van der Waals surface area contributed by atoms with Gasteiger partial charge in [-0.3, -0.25) is 0 Å². The van der Waals surface area contributed by atoms with E-state index >= 15 is 0 Å². The molecule has 1 rings (SSSR count). The Morgan fingerprint density at radius 3 is 1.14 bits per heavy atom. The van der Waals surface area contributed by atoms with Crippen molar-refractivity contribution in [2.24, 2.45) is 0 Å². The third-order valence-corrected chi connectivity index (χ3v) is 0.744. The van der Waals surface area contributed by atoms with Gasteiger partial charge in [0.25, 0.3) is 0 Å². The number of ether oxygens (including phenoxy) is 2. The zero-order valence-corrected chi connectivity index (χ0v) is 8.03. The van der Waals surface area contributed by atoms with E-state index in [1.165, 1.54) is 0 Å². The third kappa shape index (κ3) is 3.43. The van der Waals surface area contributed by atoms with E-state index in [0.717, 1.165) is 26.4 Å². The van der Waals surface area contributed by atoms with Crippen LogP contribution in [-0.4, -0.2) is 53.7 Å². The molecule has 1 heterocycles. The van der Waals surface area contributed by atoms with Crippen LogP contribution >= 0.6 is 0 Å². The van der Waals surface area contributed by atoms with Crippen molar-refractivity contribution in [3.63, 3.8) is 0 Å². The van der Waals surface area contributed by atoms with Crippen molar-refractivity contribution >= 4 is 27.3 Å². The van der Waals surface area contributed by atoms with E-state index in [4.69, 9.17) is 9.47 Å². The van der Waals surface area contributed by atoms with Gasteiger partial charge in [-0.15, -0.1) is 0 Å². The molecule has 0 aromatic carbocycles. The first kappa shape index (κ1) is 7.84. The van der Waals surface area contributed by atoms with Gasteiger partial charge in [-0.05, 0) is 0 Å². The van der Waals surface area contributed by atoms with Gasteiger partial charge < -0.3 is 9.47 Å². The Kier molecular flexibility index (Phi) is 5.59. The van der Waals surface area contributed by atoms with Crippen LogP contribution in [0.4, 0.5) is 0 Å². The average molecular weight is 295 g/mol. The van der Waals surface area contributed by atoms with Crippen LogP contribution in [0.15, 0.2) is 0 Å². The molecule has 0 aliphatic carbocycles. The molecule has 4 radical (unpaired) electrons. The first-order valence-corrected chi connectivity index (χ1v) is 2.15. The van der Waals surface area contributed by atoms with E-state index in [2.05, 4.69) is 0 Å². The quantitative estimate of drug-likeness (QED) is 0.569. The van der Waals surface area contributed by atoms with Crippen LogP contribution in [0, 0.1) is 0 Å². The fourth-order valence-corrected chi connectivity index (χ4v) is 0.440. The molecule has 40 valence electrons. The Balaban J connectivity index is 0.000000360. The number of hydrogen-bond donors (Lipinski definition) is 0. The molecule has 0 unspecified atom stereocenters. The van der Waals surface area contributed by atoms with Crippen molar-refractivity contribution in [3.05, 3.63) is 0 Å². The molecule has 0 atom stereocenters. The van der Waals surface area contributed by atoms with E-state index in [9.17, 15) is 0 Å². The standard InChI is InChI=1S/C4H8O2.Pb/c1-2-6-4-3-5-1;/h1-4H2;. The Morgan fingerprint density at radius 2 is 1.00 bits per heavy atom. The van der Waals surface area contributed by atoms with Crippen LogP contribution in [-0.2, 0) is 9.47 Å². The molecule has 0 aromatic rings. The second-order valence-corrected chi connectivity index (χ2v) is 1.22. The number of hydrogen-bond acceptors (Lipinski definition) is 2. The minimum Gasteiger partial charge on any atom is -0.377 e. The summed E-state index contributed by atoms with van der Waals surface area (Å²) in [6.45, 7) is 3.11. The summed E-state index contributed by atoms with van der Waals surface area (Å²) in [6, 6.07) is 0. The van der Waals surface area contributed by atoms with Gasteiger partial charge in [0.15, 0.2) is 0 Å². The Labute approximate surface area is 63.3 Å². The molecule has 1 aliphatic heterocycles. The molecule has 0 N–H and O–H groups in total. The van der Waals surface area contributed by atoms with Gasteiger partial charge in [0.05, 0.1) is 26.4 Å². The second-order valence-electron chi connectivity index (χ2n) is 1.22. The summed E-state index contributed by atoms with van der Waals surface area (Å²) in [5.41, 5.74) is 0. The van der Waals surface area contributed by atoms with Crippen LogP contribution in [0.2, 0.25) is 0 Å². The molecule has 7 heavy (non-hydrogen) atoms. The molecular formula is C4H8O2Pb. The summed E-state index contributed by atoms with van der Waals surface area (Å²) in [5.74, 6) is 0. The molecule has 0 saturated carbocycles. The predicted molar refractivity (Wildman–Crippen MR) is 27.4 cm³/mol. The molecule has 0 aromatic heterocycles. The summed E-state index contributed by atoms with van der Waals surface area (Å²) >= 11 is 0. The summed E-state index contributed by atoms with van der Waals surface area (Å²) < 4.78 is 9.89. The fraction of sp³-hybridized carbons (Fsp3) is 1.00. The van der Waals surface area contributed by atoms with Crippen LogP contribution in [0.1, 0.15) is 0 Å². The fourth-order valence-electron chi connectivity index (χ4n) is 0.440. The maximum atomic E-state index is 4.94. The minimum atomic E-state index is 0. The summed E-state index contributed by atoms with van der Waals surface area (Å²) in [6.07, 6.45) is 0. The smallest absolute Gasteiger partial charge is 0.0701 e. The van der Waals surface area contributed by atoms with Gasteiger partial charge in [0.2, 0.25) is 0 Å².